The second kappa shape index (κ2) is 10.5. The first-order valence-electron chi connectivity index (χ1n) is 10.9. The minimum Gasteiger partial charge on any atom is -0.379 e. The molecule has 0 radical (unpaired) electrons. The minimum atomic E-state index is 0.401. The Kier molecular flexibility index (Phi) is 8.06. The Bertz CT molecular complexity index is 646. The van der Waals surface area contributed by atoms with E-state index in [0.717, 1.165) is 64.0 Å². The van der Waals surface area contributed by atoms with Crippen LogP contribution in [0.4, 0.5) is 11.8 Å². The predicted octanol–water partition coefficient (Wildman–Crippen LogP) is 1.83. The highest BCUT2D eigenvalue weighted by Gasteiger charge is 2.25. The molecule has 3 rings (SSSR count). The van der Waals surface area contributed by atoms with E-state index in [0.29, 0.717) is 30.1 Å². The van der Waals surface area contributed by atoms with E-state index in [2.05, 4.69) is 53.1 Å². The second-order valence-electron chi connectivity index (χ2n) is 8.51. The fourth-order valence-electron chi connectivity index (χ4n) is 4.21. The molecule has 0 amide bonds. The summed E-state index contributed by atoms with van der Waals surface area (Å²) < 4.78 is 11.1. The molecular formula is C21H38N6O2. The molecular weight excluding hydrogens is 368 g/mol. The molecule has 3 heterocycles. The molecule has 1 aromatic heterocycles. The molecule has 4 atom stereocenters. The van der Waals surface area contributed by atoms with Gasteiger partial charge in [0, 0.05) is 62.1 Å². The van der Waals surface area contributed by atoms with Gasteiger partial charge in [-0.05, 0) is 34.6 Å². The number of rotatable bonds is 8. The summed E-state index contributed by atoms with van der Waals surface area (Å²) in [4.78, 5) is 14.2. The normalized spacial score (nSPS) is 26.1. The standard InChI is InChI=1S/C21H38N6O2/c1-15-10-23-21(24-12-17(3)27-7-9-29-14-19(27)5)25-20(15)22-11-16(2)26-6-8-28-13-18(26)4/h10,16-19H,6-9,11-14H2,1-5H3,(H2,22,23,24,25). The van der Waals surface area contributed by atoms with Crippen molar-refractivity contribution in [1.29, 1.82) is 0 Å². The van der Waals surface area contributed by atoms with Gasteiger partial charge in [0.25, 0.3) is 0 Å². The van der Waals surface area contributed by atoms with Gasteiger partial charge in [0.15, 0.2) is 0 Å². The summed E-state index contributed by atoms with van der Waals surface area (Å²) >= 11 is 0. The SMILES string of the molecule is Cc1cnc(NCC(C)N2CCOCC2C)nc1NCC(C)N1CCOCC1C. The maximum absolute atomic E-state index is 5.55. The first-order chi connectivity index (χ1) is 14.0. The van der Waals surface area contributed by atoms with Gasteiger partial charge in [0.1, 0.15) is 5.82 Å². The summed E-state index contributed by atoms with van der Waals surface area (Å²) in [5.41, 5.74) is 1.06. The van der Waals surface area contributed by atoms with Crippen LogP contribution in [0.2, 0.25) is 0 Å². The number of ether oxygens (including phenoxy) is 2. The van der Waals surface area contributed by atoms with E-state index in [-0.39, 0.29) is 0 Å². The van der Waals surface area contributed by atoms with E-state index in [1.807, 2.05) is 13.1 Å². The van der Waals surface area contributed by atoms with Crippen LogP contribution >= 0.6 is 0 Å². The Labute approximate surface area is 175 Å². The van der Waals surface area contributed by atoms with Crippen molar-refractivity contribution < 1.29 is 9.47 Å². The molecule has 2 saturated heterocycles. The summed E-state index contributed by atoms with van der Waals surface area (Å²) in [6.07, 6.45) is 1.89. The molecule has 2 N–H and O–H groups in total. The third kappa shape index (κ3) is 6.01. The van der Waals surface area contributed by atoms with E-state index in [4.69, 9.17) is 14.5 Å². The zero-order valence-electron chi connectivity index (χ0n) is 18.6. The fourth-order valence-corrected chi connectivity index (χ4v) is 4.21. The maximum Gasteiger partial charge on any atom is 0.224 e. The number of nitrogens with zero attached hydrogens (tertiary/aromatic N) is 4. The number of hydrogen-bond donors (Lipinski definition) is 2. The zero-order chi connectivity index (χ0) is 20.8. The molecule has 2 aliphatic heterocycles. The lowest BCUT2D eigenvalue weighted by Gasteiger charge is -2.38. The zero-order valence-corrected chi connectivity index (χ0v) is 18.6. The largest absolute Gasteiger partial charge is 0.379 e. The average Bonchev–Trinajstić information content (AvgIpc) is 2.72. The molecule has 2 aliphatic rings. The molecule has 4 unspecified atom stereocenters. The highest BCUT2D eigenvalue weighted by molar-refractivity contribution is 5.46. The van der Waals surface area contributed by atoms with Crippen LogP contribution in [0, 0.1) is 6.92 Å². The van der Waals surface area contributed by atoms with Crippen LogP contribution in [0.5, 0.6) is 0 Å². The Morgan fingerprint density at radius 1 is 1.00 bits per heavy atom. The Balaban J connectivity index is 1.52. The van der Waals surface area contributed by atoms with Gasteiger partial charge < -0.3 is 20.1 Å². The molecule has 0 bridgehead atoms. The lowest BCUT2D eigenvalue weighted by molar-refractivity contribution is -0.0160. The van der Waals surface area contributed by atoms with Crippen molar-refractivity contribution >= 4 is 11.8 Å². The van der Waals surface area contributed by atoms with Crippen LogP contribution in [0.1, 0.15) is 33.3 Å². The Morgan fingerprint density at radius 2 is 1.55 bits per heavy atom. The van der Waals surface area contributed by atoms with Crippen molar-refractivity contribution in [3.05, 3.63) is 11.8 Å². The summed E-state index contributed by atoms with van der Waals surface area (Å²) in [6.45, 7) is 17.9. The third-order valence-electron chi connectivity index (χ3n) is 6.06. The van der Waals surface area contributed by atoms with Crippen LogP contribution in [0.3, 0.4) is 0 Å². The molecule has 0 aliphatic carbocycles. The third-order valence-corrected chi connectivity index (χ3v) is 6.06. The van der Waals surface area contributed by atoms with Crippen molar-refractivity contribution in [3.8, 4) is 0 Å². The molecule has 8 heteroatoms. The van der Waals surface area contributed by atoms with Crippen LogP contribution < -0.4 is 10.6 Å². The van der Waals surface area contributed by atoms with Gasteiger partial charge in [0.05, 0.1) is 26.4 Å². The first kappa shape index (κ1) is 22.2. The van der Waals surface area contributed by atoms with Crippen LogP contribution in [0.15, 0.2) is 6.20 Å². The number of aromatic nitrogens is 2. The molecule has 1 aromatic rings. The monoisotopic (exact) mass is 406 g/mol. The van der Waals surface area contributed by atoms with Crippen molar-refractivity contribution in [3.63, 3.8) is 0 Å². The fraction of sp³-hybridized carbons (Fsp3) is 0.810. The Morgan fingerprint density at radius 3 is 2.10 bits per heavy atom. The lowest BCUT2D eigenvalue weighted by Crippen LogP contribution is -2.50. The molecule has 0 spiro atoms. The molecule has 0 aromatic carbocycles. The van der Waals surface area contributed by atoms with Gasteiger partial charge >= 0.3 is 0 Å². The van der Waals surface area contributed by atoms with Gasteiger partial charge in [-0.3, -0.25) is 9.80 Å². The quantitative estimate of drug-likeness (QED) is 0.677. The average molecular weight is 407 g/mol. The Hall–Kier alpha value is -1.48. The molecule has 164 valence electrons. The van der Waals surface area contributed by atoms with Crippen LogP contribution in [0.25, 0.3) is 0 Å². The van der Waals surface area contributed by atoms with Gasteiger partial charge in [0.2, 0.25) is 5.95 Å². The highest BCUT2D eigenvalue weighted by atomic mass is 16.5. The van der Waals surface area contributed by atoms with E-state index >= 15 is 0 Å². The summed E-state index contributed by atoms with van der Waals surface area (Å²) in [7, 11) is 0. The number of anilines is 2. The molecule has 2 fully saturated rings. The summed E-state index contributed by atoms with van der Waals surface area (Å²) in [5, 5.41) is 6.94. The van der Waals surface area contributed by atoms with Gasteiger partial charge in [-0.25, -0.2) is 4.98 Å². The molecule has 0 saturated carbocycles. The number of aryl methyl sites for hydroxylation is 1. The van der Waals surface area contributed by atoms with E-state index in [1.54, 1.807) is 0 Å². The minimum absolute atomic E-state index is 0.401. The molecule has 29 heavy (non-hydrogen) atoms. The summed E-state index contributed by atoms with van der Waals surface area (Å²) in [5.74, 6) is 1.58. The number of morpholine rings is 2. The van der Waals surface area contributed by atoms with Gasteiger partial charge in [-0.15, -0.1) is 0 Å². The topological polar surface area (TPSA) is 74.8 Å². The molecule has 8 nitrogen and oxygen atoms in total. The highest BCUT2D eigenvalue weighted by Crippen LogP contribution is 2.16. The maximum atomic E-state index is 5.55. The van der Waals surface area contributed by atoms with E-state index < -0.39 is 0 Å². The van der Waals surface area contributed by atoms with E-state index in [9.17, 15) is 0 Å². The number of nitrogens with one attached hydrogen (secondary N) is 2. The summed E-state index contributed by atoms with van der Waals surface area (Å²) in [6, 6.07) is 1.72. The van der Waals surface area contributed by atoms with Crippen molar-refractivity contribution in [2.75, 3.05) is 63.2 Å². The van der Waals surface area contributed by atoms with Gasteiger partial charge in [-0.1, -0.05) is 0 Å². The predicted molar refractivity (Wildman–Crippen MR) is 117 cm³/mol. The second-order valence-corrected chi connectivity index (χ2v) is 8.51. The van der Waals surface area contributed by atoms with Crippen molar-refractivity contribution in [1.82, 2.24) is 19.8 Å². The van der Waals surface area contributed by atoms with E-state index in [1.165, 1.54) is 0 Å². The van der Waals surface area contributed by atoms with Crippen molar-refractivity contribution in [2.45, 2.75) is 58.8 Å². The number of hydrogen-bond acceptors (Lipinski definition) is 8. The smallest absolute Gasteiger partial charge is 0.224 e. The van der Waals surface area contributed by atoms with Crippen molar-refractivity contribution in [2.24, 2.45) is 0 Å². The lowest BCUT2D eigenvalue weighted by atomic mass is 10.2. The van der Waals surface area contributed by atoms with Crippen LogP contribution in [-0.2, 0) is 9.47 Å². The van der Waals surface area contributed by atoms with Gasteiger partial charge in [-0.2, -0.15) is 4.98 Å². The first-order valence-corrected chi connectivity index (χ1v) is 10.9. The van der Waals surface area contributed by atoms with Crippen LogP contribution in [-0.4, -0.2) is 96.5 Å².